The summed E-state index contributed by atoms with van der Waals surface area (Å²) in [6, 6.07) is 6.31. The van der Waals surface area contributed by atoms with E-state index in [0.717, 1.165) is 25.4 Å². The number of aliphatic hydroxyl groups is 1. The molecule has 5 heteroatoms. The average molecular weight is 302 g/mol. The molecule has 0 aromatic heterocycles. The summed E-state index contributed by atoms with van der Waals surface area (Å²) in [4.78, 5) is 12.7. The quantitative estimate of drug-likeness (QED) is 0.527. The van der Waals surface area contributed by atoms with Crippen molar-refractivity contribution < 1.29 is 10.0 Å². The van der Waals surface area contributed by atoms with Crippen LogP contribution in [0.4, 0.5) is 5.69 Å². The van der Waals surface area contributed by atoms with Crippen molar-refractivity contribution in [3.05, 3.63) is 51.6 Å². The number of hydrogen-bond acceptors (Lipinski definition) is 4. The Labute approximate surface area is 130 Å². The highest BCUT2D eigenvalue weighted by Gasteiger charge is 2.26. The summed E-state index contributed by atoms with van der Waals surface area (Å²) in [6.45, 7) is 2.45. The second-order valence-electron chi connectivity index (χ2n) is 6.30. The highest BCUT2D eigenvalue weighted by Crippen LogP contribution is 2.32. The molecule has 0 spiro atoms. The third kappa shape index (κ3) is 3.36. The Morgan fingerprint density at radius 1 is 1.41 bits per heavy atom. The summed E-state index contributed by atoms with van der Waals surface area (Å²) in [5, 5.41) is 21.2. The third-order valence-electron chi connectivity index (χ3n) is 4.78. The van der Waals surface area contributed by atoms with Gasteiger partial charge in [-0.15, -0.1) is 0 Å². The van der Waals surface area contributed by atoms with Crippen molar-refractivity contribution in [1.29, 1.82) is 0 Å². The van der Waals surface area contributed by atoms with Crippen LogP contribution in [0.3, 0.4) is 0 Å². The number of benzene rings is 1. The van der Waals surface area contributed by atoms with Gasteiger partial charge < -0.3 is 5.11 Å². The van der Waals surface area contributed by atoms with Gasteiger partial charge in [0.2, 0.25) is 0 Å². The van der Waals surface area contributed by atoms with E-state index in [1.165, 1.54) is 37.0 Å². The zero-order valence-electron chi connectivity index (χ0n) is 12.6. The molecule has 22 heavy (non-hydrogen) atoms. The number of likely N-dealkylation sites (tertiary alicyclic amines) is 1. The van der Waals surface area contributed by atoms with E-state index in [0.29, 0.717) is 12.1 Å². The molecule has 0 radical (unpaired) electrons. The second kappa shape index (κ2) is 6.58. The molecule has 3 rings (SSSR count). The molecule has 1 aliphatic heterocycles. The molecule has 1 aliphatic carbocycles. The van der Waals surface area contributed by atoms with E-state index in [4.69, 9.17) is 0 Å². The minimum atomic E-state index is -0.680. The maximum atomic E-state index is 10.8. The molecule has 1 heterocycles. The number of aliphatic hydroxyl groups excluding tert-OH is 1. The Morgan fingerprint density at radius 3 is 3.09 bits per heavy atom. The Bertz CT molecular complexity index is 585. The normalized spacial score (nSPS) is 23.5. The molecule has 1 unspecified atom stereocenters. The fourth-order valence-corrected chi connectivity index (χ4v) is 3.55. The van der Waals surface area contributed by atoms with Crippen molar-refractivity contribution in [1.82, 2.24) is 4.90 Å². The number of non-ortho nitro benzene ring substituents is 1. The van der Waals surface area contributed by atoms with Crippen molar-refractivity contribution in [3.63, 3.8) is 0 Å². The van der Waals surface area contributed by atoms with Gasteiger partial charge in [0.25, 0.3) is 5.69 Å². The first-order valence-electron chi connectivity index (χ1n) is 7.97. The number of allylic oxidation sites excluding steroid dienone is 1. The van der Waals surface area contributed by atoms with Crippen molar-refractivity contribution in [3.8, 4) is 0 Å². The van der Waals surface area contributed by atoms with E-state index in [2.05, 4.69) is 11.0 Å². The van der Waals surface area contributed by atoms with Gasteiger partial charge in [0.1, 0.15) is 0 Å². The SMILES string of the molecule is O=[N+]([O-])c1cccc(C(O)CN2CC[C@H]3CCCC=C3C2)c1. The molecule has 1 aromatic rings. The fourth-order valence-electron chi connectivity index (χ4n) is 3.55. The first-order chi connectivity index (χ1) is 10.6. The Kier molecular flexibility index (Phi) is 4.55. The predicted molar refractivity (Wildman–Crippen MR) is 84.5 cm³/mol. The lowest BCUT2D eigenvalue weighted by atomic mass is 9.82. The Hall–Kier alpha value is -1.72. The number of piperidine rings is 1. The van der Waals surface area contributed by atoms with Gasteiger partial charge in [-0.2, -0.15) is 0 Å². The number of nitro benzene ring substituents is 1. The average Bonchev–Trinajstić information content (AvgIpc) is 2.55. The smallest absolute Gasteiger partial charge is 0.269 e. The first kappa shape index (κ1) is 15.2. The number of rotatable bonds is 4. The van der Waals surface area contributed by atoms with Gasteiger partial charge in [-0.05, 0) is 43.7 Å². The van der Waals surface area contributed by atoms with E-state index in [1.807, 2.05) is 0 Å². The highest BCUT2D eigenvalue weighted by molar-refractivity contribution is 5.35. The zero-order chi connectivity index (χ0) is 15.5. The maximum Gasteiger partial charge on any atom is 0.269 e. The van der Waals surface area contributed by atoms with Gasteiger partial charge in [-0.3, -0.25) is 15.0 Å². The molecule has 118 valence electrons. The summed E-state index contributed by atoms with van der Waals surface area (Å²) < 4.78 is 0. The molecule has 2 atom stereocenters. The van der Waals surface area contributed by atoms with Gasteiger partial charge in [-0.25, -0.2) is 0 Å². The van der Waals surface area contributed by atoms with Crippen molar-refractivity contribution in [2.75, 3.05) is 19.6 Å². The number of nitrogens with zero attached hydrogens (tertiary/aromatic N) is 2. The van der Waals surface area contributed by atoms with Gasteiger partial charge >= 0.3 is 0 Å². The van der Waals surface area contributed by atoms with Crippen LogP contribution in [0, 0.1) is 16.0 Å². The van der Waals surface area contributed by atoms with Crippen LogP contribution < -0.4 is 0 Å². The lowest BCUT2D eigenvalue weighted by Gasteiger charge is -2.37. The van der Waals surface area contributed by atoms with E-state index < -0.39 is 11.0 Å². The summed E-state index contributed by atoms with van der Waals surface area (Å²) in [5.41, 5.74) is 2.17. The second-order valence-corrected chi connectivity index (χ2v) is 6.30. The molecular weight excluding hydrogens is 280 g/mol. The van der Waals surface area contributed by atoms with Crippen molar-refractivity contribution in [2.24, 2.45) is 5.92 Å². The molecule has 1 fully saturated rings. The topological polar surface area (TPSA) is 66.6 Å². The van der Waals surface area contributed by atoms with E-state index >= 15 is 0 Å². The fraction of sp³-hybridized carbons (Fsp3) is 0.529. The number of hydrogen-bond donors (Lipinski definition) is 1. The first-order valence-corrected chi connectivity index (χ1v) is 7.97. The summed E-state index contributed by atoms with van der Waals surface area (Å²) >= 11 is 0. The summed E-state index contributed by atoms with van der Waals surface area (Å²) in [7, 11) is 0. The van der Waals surface area contributed by atoms with E-state index in [-0.39, 0.29) is 5.69 Å². The van der Waals surface area contributed by atoms with Crippen LogP contribution in [0.5, 0.6) is 0 Å². The van der Waals surface area contributed by atoms with E-state index in [1.54, 1.807) is 12.1 Å². The molecule has 1 N–H and O–H groups in total. The van der Waals surface area contributed by atoms with Crippen LogP contribution >= 0.6 is 0 Å². The maximum absolute atomic E-state index is 10.8. The molecule has 1 saturated heterocycles. The van der Waals surface area contributed by atoms with Crippen molar-refractivity contribution >= 4 is 5.69 Å². The van der Waals surface area contributed by atoms with Crippen LogP contribution in [-0.4, -0.2) is 34.6 Å². The van der Waals surface area contributed by atoms with Gasteiger partial charge in [0.05, 0.1) is 11.0 Å². The molecule has 5 nitrogen and oxygen atoms in total. The van der Waals surface area contributed by atoms with Crippen LogP contribution in [0.25, 0.3) is 0 Å². The highest BCUT2D eigenvalue weighted by atomic mass is 16.6. The molecule has 0 saturated carbocycles. The van der Waals surface area contributed by atoms with Crippen molar-refractivity contribution in [2.45, 2.75) is 31.8 Å². The minimum absolute atomic E-state index is 0.0326. The number of β-amino-alcohol motifs (C(OH)–C–C–N with tert-alkyl or cyclic N) is 1. The Morgan fingerprint density at radius 2 is 2.27 bits per heavy atom. The third-order valence-corrected chi connectivity index (χ3v) is 4.78. The lowest BCUT2D eigenvalue weighted by Crippen LogP contribution is -2.38. The summed E-state index contributed by atoms with van der Waals surface area (Å²) in [5.74, 6) is 0.736. The van der Waals surface area contributed by atoms with Gasteiger partial charge in [-0.1, -0.05) is 23.8 Å². The largest absolute Gasteiger partial charge is 0.387 e. The molecule has 1 aromatic carbocycles. The van der Waals surface area contributed by atoms with Gasteiger partial charge in [0.15, 0.2) is 0 Å². The molecular formula is C17H22N2O3. The molecule has 0 amide bonds. The van der Waals surface area contributed by atoms with Crippen LogP contribution in [0.1, 0.15) is 37.4 Å². The predicted octanol–water partition coefficient (Wildman–Crippen LogP) is 3.06. The van der Waals surface area contributed by atoms with Crippen LogP contribution in [0.15, 0.2) is 35.9 Å². The van der Waals surface area contributed by atoms with Crippen LogP contribution in [-0.2, 0) is 0 Å². The lowest BCUT2D eigenvalue weighted by molar-refractivity contribution is -0.385. The van der Waals surface area contributed by atoms with Gasteiger partial charge in [0, 0.05) is 25.2 Å². The summed E-state index contributed by atoms with van der Waals surface area (Å²) in [6.07, 6.45) is 6.61. The Balaban J connectivity index is 1.64. The number of nitro groups is 1. The molecule has 0 bridgehead atoms. The number of fused-ring (bicyclic) bond motifs is 1. The van der Waals surface area contributed by atoms with Crippen LogP contribution in [0.2, 0.25) is 0 Å². The minimum Gasteiger partial charge on any atom is -0.387 e. The standard InChI is InChI=1S/C17H22N2O3/c20-17(14-6-3-7-16(10-14)19(21)22)12-18-9-8-13-4-1-2-5-15(13)11-18/h3,5-7,10,13,17,20H,1-2,4,8-9,11-12H2/t13-,17?/m1/s1. The monoisotopic (exact) mass is 302 g/mol. The zero-order valence-corrected chi connectivity index (χ0v) is 12.6. The van der Waals surface area contributed by atoms with E-state index in [9.17, 15) is 15.2 Å². The molecule has 2 aliphatic rings.